The Kier molecular flexibility index (Phi) is 6.13. The summed E-state index contributed by atoms with van der Waals surface area (Å²) in [6, 6.07) is 7.10. The van der Waals surface area contributed by atoms with Gasteiger partial charge < -0.3 is 25.3 Å². The molecule has 7 heteroatoms. The molecule has 3 N–H and O–H groups in total. The number of hydrogen-bond donors (Lipinski definition) is 2. The molecular weight excluding hydrogens is 344 g/mol. The zero-order valence-electron chi connectivity index (χ0n) is 16.0. The van der Waals surface area contributed by atoms with E-state index in [2.05, 4.69) is 5.32 Å². The Hall–Kier alpha value is -2.38. The molecule has 1 aliphatic heterocycles. The molecule has 3 rings (SSSR count). The first-order valence-electron chi connectivity index (χ1n) is 9.50. The number of morpholine rings is 1. The van der Waals surface area contributed by atoms with Crippen molar-refractivity contribution in [3.05, 3.63) is 30.5 Å². The number of hydrogen-bond acceptors (Lipinski definition) is 4. The number of aromatic nitrogens is 1. The number of nitrogens with one attached hydrogen (secondary N) is 1. The van der Waals surface area contributed by atoms with Crippen LogP contribution < -0.4 is 11.1 Å². The van der Waals surface area contributed by atoms with Gasteiger partial charge in [-0.1, -0.05) is 20.3 Å². The molecule has 0 bridgehead atoms. The fraction of sp³-hybridized carbons (Fsp3) is 0.500. The van der Waals surface area contributed by atoms with Crippen LogP contribution in [-0.2, 0) is 20.9 Å². The topological polar surface area (TPSA) is 89.6 Å². The van der Waals surface area contributed by atoms with Gasteiger partial charge in [-0.2, -0.15) is 0 Å². The maximum absolute atomic E-state index is 12.5. The van der Waals surface area contributed by atoms with Crippen LogP contribution in [0.2, 0.25) is 0 Å². The summed E-state index contributed by atoms with van der Waals surface area (Å²) in [4.78, 5) is 26.6. The van der Waals surface area contributed by atoms with Crippen LogP contribution in [0, 0.1) is 5.92 Å². The van der Waals surface area contributed by atoms with Crippen molar-refractivity contribution in [3.63, 3.8) is 0 Å². The minimum atomic E-state index is -0.526. The van der Waals surface area contributed by atoms with Crippen molar-refractivity contribution in [2.45, 2.75) is 32.9 Å². The molecule has 2 amide bonds. The SMILES string of the molecule is CCC(C)C(N)C(=O)Nc1ccc2c(ccn2CC(=O)N2CCOCC2)c1. The van der Waals surface area contributed by atoms with Gasteiger partial charge in [-0.15, -0.1) is 0 Å². The van der Waals surface area contributed by atoms with E-state index in [9.17, 15) is 9.59 Å². The quantitative estimate of drug-likeness (QED) is 0.809. The molecule has 0 spiro atoms. The normalized spacial score (nSPS) is 16.9. The van der Waals surface area contributed by atoms with E-state index in [-0.39, 0.29) is 17.7 Å². The lowest BCUT2D eigenvalue weighted by atomic mass is 9.99. The number of nitrogens with zero attached hydrogens (tertiary/aromatic N) is 2. The molecule has 1 aromatic carbocycles. The fourth-order valence-corrected chi connectivity index (χ4v) is 3.21. The van der Waals surface area contributed by atoms with Crippen molar-refractivity contribution in [2.75, 3.05) is 31.6 Å². The second-order valence-corrected chi connectivity index (χ2v) is 7.11. The van der Waals surface area contributed by atoms with Crippen molar-refractivity contribution in [1.29, 1.82) is 0 Å². The Morgan fingerprint density at radius 3 is 2.70 bits per heavy atom. The van der Waals surface area contributed by atoms with Gasteiger partial charge in [0.15, 0.2) is 0 Å². The highest BCUT2D eigenvalue weighted by Crippen LogP contribution is 2.21. The monoisotopic (exact) mass is 372 g/mol. The molecule has 0 saturated carbocycles. The molecule has 1 fully saturated rings. The van der Waals surface area contributed by atoms with Crippen LogP contribution in [0.25, 0.3) is 10.9 Å². The summed E-state index contributed by atoms with van der Waals surface area (Å²) in [5.41, 5.74) is 7.67. The fourth-order valence-electron chi connectivity index (χ4n) is 3.21. The van der Waals surface area contributed by atoms with E-state index < -0.39 is 6.04 Å². The zero-order valence-corrected chi connectivity index (χ0v) is 16.0. The van der Waals surface area contributed by atoms with Crippen molar-refractivity contribution in [2.24, 2.45) is 11.7 Å². The van der Waals surface area contributed by atoms with Crippen LogP contribution in [0.5, 0.6) is 0 Å². The number of amides is 2. The van der Waals surface area contributed by atoms with E-state index in [1.54, 1.807) is 0 Å². The van der Waals surface area contributed by atoms with Gasteiger partial charge in [0.2, 0.25) is 11.8 Å². The predicted molar refractivity (Wildman–Crippen MR) is 105 cm³/mol. The van der Waals surface area contributed by atoms with Crippen molar-refractivity contribution < 1.29 is 14.3 Å². The lowest BCUT2D eigenvalue weighted by Gasteiger charge is -2.27. The van der Waals surface area contributed by atoms with E-state index in [0.717, 1.165) is 17.3 Å². The molecule has 7 nitrogen and oxygen atoms in total. The summed E-state index contributed by atoms with van der Waals surface area (Å²) in [6.07, 6.45) is 2.76. The Morgan fingerprint density at radius 2 is 2.00 bits per heavy atom. The molecule has 27 heavy (non-hydrogen) atoms. The maximum Gasteiger partial charge on any atom is 0.242 e. The third kappa shape index (κ3) is 4.48. The number of carbonyl (C=O) groups is 2. The summed E-state index contributed by atoms with van der Waals surface area (Å²) >= 11 is 0. The van der Waals surface area contributed by atoms with E-state index >= 15 is 0 Å². The van der Waals surface area contributed by atoms with E-state index in [1.165, 1.54) is 0 Å². The summed E-state index contributed by atoms with van der Waals surface area (Å²) in [6.45, 7) is 6.77. The number of carbonyl (C=O) groups excluding carboxylic acids is 2. The van der Waals surface area contributed by atoms with Gasteiger partial charge in [0, 0.05) is 35.9 Å². The van der Waals surface area contributed by atoms with Crippen LogP contribution in [0.3, 0.4) is 0 Å². The molecule has 0 radical (unpaired) electrons. The van der Waals surface area contributed by atoms with Gasteiger partial charge in [-0.3, -0.25) is 9.59 Å². The van der Waals surface area contributed by atoms with Crippen LogP contribution in [0.15, 0.2) is 30.5 Å². The maximum atomic E-state index is 12.5. The standard InChI is InChI=1S/C20H28N4O3/c1-3-14(2)19(21)20(26)22-16-4-5-17-15(12-16)6-7-24(17)13-18(25)23-8-10-27-11-9-23/h4-7,12,14,19H,3,8-11,13,21H2,1-2H3,(H,22,26). The first-order valence-corrected chi connectivity index (χ1v) is 9.50. The largest absolute Gasteiger partial charge is 0.378 e. The van der Waals surface area contributed by atoms with Crippen molar-refractivity contribution in [1.82, 2.24) is 9.47 Å². The summed E-state index contributed by atoms with van der Waals surface area (Å²) in [7, 11) is 0. The van der Waals surface area contributed by atoms with Gasteiger partial charge in [-0.05, 0) is 30.2 Å². The smallest absolute Gasteiger partial charge is 0.242 e. The Bertz CT molecular complexity index is 811. The number of rotatable bonds is 6. The van der Waals surface area contributed by atoms with E-state index in [4.69, 9.17) is 10.5 Å². The molecule has 2 unspecified atom stereocenters. The average molecular weight is 372 g/mol. The summed E-state index contributed by atoms with van der Waals surface area (Å²) in [5.74, 6) is 0.0411. The molecular formula is C20H28N4O3. The minimum absolute atomic E-state index is 0.0905. The minimum Gasteiger partial charge on any atom is -0.378 e. The van der Waals surface area contributed by atoms with Gasteiger partial charge in [-0.25, -0.2) is 0 Å². The molecule has 0 aliphatic carbocycles. The van der Waals surface area contributed by atoms with E-state index in [1.807, 2.05) is 53.8 Å². The van der Waals surface area contributed by atoms with Gasteiger partial charge in [0.25, 0.3) is 0 Å². The van der Waals surface area contributed by atoms with Crippen LogP contribution in [-0.4, -0.2) is 53.6 Å². The highest BCUT2D eigenvalue weighted by atomic mass is 16.5. The highest BCUT2D eigenvalue weighted by Gasteiger charge is 2.20. The molecule has 1 aromatic heterocycles. The summed E-state index contributed by atoms with van der Waals surface area (Å²) in [5, 5.41) is 3.86. The van der Waals surface area contributed by atoms with Gasteiger partial charge in [0.05, 0.1) is 19.3 Å². The number of fused-ring (bicyclic) bond motifs is 1. The second kappa shape index (κ2) is 8.54. The summed E-state index contributed by atoms with van der Waals surface area (Å²) < 4.78 is 7.23. The Balaban J connectivity index is 1.69. The number of nitrogens with two attached hydrogens (primary N) is 1. The van der Waals surface area contributed by atoms with Gasteiger partial charge in [0.1, 0.15) is 6.54 Å². The third-order valence-electron chi connectivity index (χ3n) is 5.27. The van der Waals surface area contributed by atoms with Crippen molar-refractivity contribution >= 4 is 28.4 Å². The third-order valence-corrected chi connectivity index (χ3v) is 5.27. The Morgan fingerprint density at radius 1 is 1.26 bits per heavy atom. The highest BCUT2D eigenvalue weighted by molar-refractivity contribution is 5.97. The van der Waals surface area contributed by atoms with Crippen molar-refractivity contribution in [3.8, 4) is 0 Å². The van der Waals surface area contributed by atoms with Crippen LogP contribution in [0.1, 0.15) is 20.3 Å². The van der Waals surface area contributed by atoms with E-state index in [0.29, 0.717) is 38.5 Å². The molecule has 2 atom stereocenters. The first kappa shape index (κ1) is 19.4. The number of anilines is 1. The number of ether oxygens (including phenoxy) is 1. The molecule has 1 aliphatic rings. The van der Waals surface area contributed by atoms with Crippen LogP contribution >= 0.6 is 0 Å². The lowest BCUT2D eigenvalue weighted by Crippen LogP contribution is -2.42. The zero-order chi connectivity index (χ0) is 19.4. The molecule has 2 aromatic rings. The first-order chi connectivity index (χ1) is 13.0. The average Bonchev–Trinajstić information content (AvgIpc) is 3.09. The molecule has 146 valence electrons. The Labute approximate surface area is 159 Å². The lowest BCUT2D eigenvalue weighted by molar-refractivity contribution is -0.135. The second-order valence-electron chi connectivity index (χ2n) is 7.11. The predicted octanol–water partition coefficient (Wildman–Crippen LogP) is 1.81. The molecule has 1 saturated heterocycles. The van der Waals surface area contributed by atoms with Crippen LogP contribution in [0.4, 0.5) is 5.69 Å². The molecule has 2 heterocycles. The van der Waals surface area contributed by atoms with Gasteiger partial charge >= 0.3 is 0 Å². The number of benzene rings is 1.